The van der Waals surface area contributed by atoms with Crippen LogP contribution in [0.4, 0.5) is 11.6 Å². The molecule has 1 amide bonds. The van der Waals surface area contributed by atoms with Crippen molar-refractivity contribution in [2.24, 2.45) is 0 Å². The fourth-order valence-corrected chi connectivity index (χ4v) is 3.36. The fourth-order valence-electron chi connectivity index (χ4n) is 2.90. The van der Waals surface area contributed by atoms with Gasteiger partial charge >= 0.3 is 0 Å². The summed E-state index contributed by atoms with van der Waals surface area (Å²) in [5, 5.41) is 6.25. The van der Waals surface area contributed by atoms with Gasteiger partial charge in [-0.25, -0.2) is 4.98 Å². The number of halogens is 1. The lowest BCUT2D eigenvalue weighted by molar-refractivity contribution is 0.102. The van der Waals surface area contributed by atoms with Crippen molar-refractivity contribution in [3.63, 3.8) is 0 Å². The molecule has 2 N–H and O–H groups in total. The van der Waals surface area contributed by atoms with E-state index in [2.05, 4.69) is 43.5 Å². The second kappa shape index (κ2) is 7.77. The van der Waals surface area contributed by atoms with E-state index in [4.69, 9.17) is 0 Å². The highest BCUT2D eigenvalue weighted by molar-refractivity contribution is 9.10. The van der Waals surface area contributed by atoms with E-state index < -0.39 is 0 Å². The highest BCUT2D eigenvalue weighted by Gasteiger charge is 2.19. The SMILES string of the molecule is CN(c1cccc(NC(=O)c2ccccc2Br)n1)C1CCNCC1. The normalized spacial score (nSPS) is 15.1. The second-order valence-corrected chi connectivity index (χ2v) is 6.76. The van der Waals surface area contributed by atoms with Crippen LogP contribution in [0, 0.1) is 0 Å². The summed E-state index contributed by atoms with van der Waals surface area (Å²) in [5.41, 5.74) is 0.594. The molecule has 24 heavy (non-hydrogen) atoms. The standard InChI is InChI=1S/C18H21BrN4O/c1-23(13-9-11-20-12-10-13)17-8-4-7-16(21-17)22-18(24)14-5-2-3-6-15(14)19/h2-8,13,20H,9-12H2,1H3,(H,21,22,24). The van der Waals surface area contributed by atoms with Gasteiger partial charge in [0.2, 0.25) is 0 Å². The molecule has 0 saturated carbocycles. The van der Waals surface area contributed by atoms with Crippen LogP contribution in [0.2, 0.25) is 0 Å². The van der Waals surface area contributed by atoms with Crippen molar-refractivity contribution >= 4 is 33.5 Å². The van der Waals surface area contributed by atoms with Crippen LogP contribution in [0.3, 0.4) is 0 Å². The Labute approximate surface area is 150 Å². The molecule has 1 aliphatic rings. The summed E-state index contributed by atoms with van der Waals surface area (Å²) < 4.78 is 0.769. The van der Waals surface area contributed by atoms with Gasteiger partial charge in [-0.1, -0.05) is 18.2 Å². The molecule has 1 fully saturated rings. The average molecular weight is 389 g/mol. The first-order valence-electron chi connectivity index (χ1n) is 8.11. The minimum Gasteiger partial charge on any atom is -0.357 e. The molecule has 2 heterocycles. The molecule has 1 aromatic carbocycles. The van der Waals surface area contributed by atoms with Gasteiger partial charge in [0, 0.05) is 17.6 Å². The fraction of sp³-hybridized carbons (Fsp3) is 0.333. The highest BCUT2D eigenvalue weighted by Crippen LogP contribution is 2.21. The maximum Gasteiger partial charge on any atom is 0.257 e. The summed E-state index contributed by atoms with van der Waals surface area (Å²) in [5.74, 6) is 1.28. The van der Waals surface area contributed by atoms with Gasteiger partial charge in [0.05, 0.1) is 5.56 Å². The van der Waals surface area contributed by atoms with Crippen LogP contribution in [0.5, 0.6) is 0 Å². The monoisotopic (exact) mass is 388 g/mol. The molecule has 0 atom stereocenters. The number of rotatable bonds is 4. The maximum atomic E-state index is 12.4. The van der Waals surface area contributed by atoms with Crippen molar-refractivity contribution in [2.75, 3.05) is 30.4 Å². The summed E-state index contributed by atoms with van der Waals surface area (Å²) in [6.45, 7) is 2.07. The van der Waals surface area contributed by atoms with Crippen LogP contribution in [0.15, 0.2) is 46.9 Å². The summed E-state index contributed by atoms with van der Waals surface area (Å²) in [6.07, 6.45) is 2.21. The predicted octanol–water partition coefficient (Wildman–Crippen LogP) is 3.28. The number of hydrogen-bond donors (Lipinski definition) is 2. The highest BCUT2D eigenvalue weighted by atomic mass is 79.9. The van der Waals surface area contributed by atoms with Crippen molar-refractivity contribution < 1.29 is 4.79 Å². The van der Waals surface area contributed by atoms with Gasteiger partial charge in [0.15, 0.2) is 0 Å². The van der Waals surface area contributed by atoms with E-state index in [0.29, 0.717) is 17.4 Å². The number of benzene rings is 1. The van der Waals surface area contributed by atoms with Gasteiger partial charge < -0.3 is 15.5 Å². The number of carbonyl (C=O) groups is 1. The molecule has 1 saturated heterocycles. The van der Waals surface area contributed by atoms with Crippen LogP contribution in [0.25, 0.3) is 0 Å². The van der Waals surface area contributed by atoms with Crippen LogP contribution >= 0.6 is 15.9 Å². The molecule has 2 aromatic rings. The Morgan fingerprint density at radius 3 is 2.71 bits per heavy atom. The van der Waals surface area contributed by atoms with Crippen molar-refractivity contribution in [3.8, 4) is 0 Å². The average Bonchev–Trinajstić information content (AvgIpc) is 2.62. The van der Waals surface area contributed by atoms with E-state index in [1.807, 2.05) is 36.4 Å². The second-order valence-electron chi connectivity index (χ2n) is 5.91. The van der Waals surface area contributed by atoms with Crippen molar-refractivity contribution in [3.05, 3.63) is 52.5 Å². The van der Waals surface area contributed by atoms with Gasteiger partial charge in [-0.15, -0.1) is 0 Å². The summed E-state index contributed by atoms with van der Waals surface area (Å²) in [7, 11) is 2.07. The van der Waals surface area contributed by atoms with E-state index in [0.717, 1.165) is 36.2 Å². The van der Waals surface area contributed by atoms with Crippen molar-refractivity contribution in [1.29, 1.82) is 0 Å². The molecular formula is C18H21BrN4O. The van der Waals surface area contributed by atoms with E-state index in [1.165, 1.54) is 0 Å². The Balaban J connectivity index is 1.73. The third-order valence-electron chi connectivity index (χ3n) is 4.31. The number of piperidine rings is 1. The first-order valence-corrected chi connectivity index (χ1v) is 8.91. The zero-order valence-electron chi connectivity index (χ0n) is 13.6. The smallest absolute Gasteiger partial charge is 0.257 e. The molecule has 5 nitrogen and oxygen atoms in total. The van der Waals surface area contributed by atoms with Gasteiger partial charge in [-0.05, 0) is 66.1 Å². The molecule has 6 heteroatoms. The van der Waals surface area contributed by atoms with Gasteiger partial charge in [-0.3, -0.25) is 4.79 Å². The zero-order valence-corrected chi connectivity index (χ0v) is 15.2. The van der Waals surface area contributed by atoms with Crippen LogP contribution < -0.4 is 15.5 Å². The molecule has 0 bridgehead atoms. The number of pyridine rings is 1. The lowest BCUT2D eigenvalue weighted by Crippen LogP contribution is -2.41. The van der Waals surface area contributed by atoms with Gasteiger partial charge in [-0.2, -0.15) is 0 Å². The molecule has 3 rings (SSSR count). The van der Waals surface area contributed by atoms with Crippen molar-refractivity contribution in [2.45, 2.75) is 18.9 Å². The Morgan fingerprint density at radius 2 is 1.96 bits per heavy atom. The van der Waals surface area contributed by atoms with Gasteiger partial charge in [0.25, 0.3) is 5.91 Å². The van der Waals surface area contributed by atoms with E-state index >= 15 is 0 Å². The molecule has 1 aliphatic heterocycles. The van der Waals surface area contributed by atoms with E-state index in [1.54, 1.807) is 6.07 Å². The number of nitrogens with one attached hydrogen (secondary N) is 2. The molecule has 126 valence electrons. The van der Waals surface area contributed by atoms with E-state index in [-0.39, 0.29) is 5.91 Å². The zero-order chi connectivity index (χ0) is 16.9. The van der Waals surface area contributed by atoms with Crippen LogP contribution in [-0.2, 0) is 0 Å². The Hall–Kier alpha value is -1.92. The summed E-state index contributed by atoms with van der Waals surface area (Å²) >= 11 is 3.40. The quantitative estimate of drug-likeness (QED) is 0.843. The van der Waals surface area contributed by atoms with Gasteiger partial charge in [0.1, 0.15) is 11.6 Å². The molecule has 0 unspecified atom stereocenters. The number of anilines is 2. The molecular weight excluding hydrogens is 368 g/mol. The largest absolute Gasteiger partial charge is 0.357 e. The lowest BCUT2D eigenvalue weighted by Gasteiger charge is -2.32. The predicted molar refractivity (Wildman–Crippen MR) is 101 cm³/mol. The minimum atomic E-state index is -0.170. The first kappa shape index (κ1) is 16.9. The van der Waals surface area contributed by atoms with Crippen LogP contribution in [0.1, 0.15) is 23.2 Å². The Kier molecular flexibility index (Phi) is 5.48. The van der Waals surface area contributed by atoms with Crippen molar-refractivity contribution in [1.82, 2.24) is 10.3 Å². The van der Waals surface area contributed by atoms with Crippen LogP contribution in [-0.4, -0.2) is 37.1 Å². The first-order chi connectivity index (χ1) is 11.6. The minimum absolute atomic E-state index is 0.170. The summed E-state index contributed by atoms with van der Waals surface area (Å²) in [4.78, 5) is 19.2. The summed E-state index contributed by atoms with van der Waals surface area (Å²) in [6, 6.07) is 13.6. The maximum absolute atomic E-state index is 12.4. The molecule has 1 aromatic heterocycles. The third-order valence-corrected chi connectivity index (χ3v) is 5.00. The Bertz CT molecular complexity index is 716. The topological polar surface area (TPSA) is 57.3 Å². The number of aromatic nitrogens is 1. The van der Waals surface area contributed by atoms with E-state index in [9.17, 15) is 4.79 Å². The number of hydrogen-bond acceptors (Lipinski definition) is 4. The number of carbonyl (C=O) groups excluding carboxylic acids is 1. The Morgan fingerprint density at radius 1 is 1.21 bits per heavy atom. The number of amides is 1. The molecule has 0 aliphatic carbocycles. The number of nitrogens with zero attached hydrogens (tertiary/aromatic N) is 2. The molecule has 0 spiro atoms. The lowest BCUT2D eigenvalue weighted by atomic mass is 10.1. The molecule has 0 radical (unpaired) electrons. The third kappa shape index (κ3) is 3.94.